The maximum Gasteiger partial charge on any atom is 0.373 e. The van der Waals surface area contributed by atoms with Gasteiger partial charge in [0.1, 0.15) is 11.5 Å². The number of aromatic carboxylic acids is 1. The first-order valence-corrected chi connectivity index (χ1v) is 9.33. The van der Waals surface area contributed by atoms with Crippen LogP contribution < -0.4 is 0 Å². The van der Waals surface area contributed by atoms with Crippen LogP contribution in [0.25, 0.3) is 11.4 Å². The van der Waals surface area contributed by atoms with Crippen molar-refractivity contribution in [1.29, 1.82) is 0 Å². The van der Waals surface area contributed by atoms with Crippen LogP contribution in [-0.2, 0) is 22.6 Å². The maximum atomic E-state index is 11.8. The van der Waals surface area contributed by atoms with Gasteiger partial charge in [-0.05, 0) is 31.4 Å². The molecule has 0 bridgehead atoms. The molecule has 30 heavy (non-hydrogen) atoms. The van der Waals surface area contributed by atoms with Crippen LogP contribution in [0.4, 0.5) is 0 Å². The molecule has 1 N–H and O–H groups in total. The van der Waals surface area contributed by atoms with Crippen molar-refractivity contribution in [3.63, 3.8) is 0 Å². The largest absolute Gasteiger partial charge is 0.478 e. The van der Waals surface area contributed by atoms with Gasteiger partial charge in [0.15, 0.2) is 5.78 Å². The van der Waals surface area contributed by atoms with Gasteiger partial charge in [-0.25, -0.2) is 9.78 Å². The summed E-state index contributed by atoms with van der Waals surface area (Å²) in [7, 11) is 0. The van der Waals surface area contributed by atoms with E-state index < -0.39 is 5.97 Å². The third-order valence-electron chi connectivity index (χ3n) is 4.49. The van der Waals surface area contributed by atoms with Gasteiger partial charge >= 0.3 is 12.1 Å². The quantitative estimate of drug-likeness (QED) is 0.598. The highest BCUT2D eigenvalue weighted by molar-refractivity contribution is 5.96. The minimum Gasteiger partial charge on any atom is -0.478 e. The van der Waals surface area contributed by atoms with E-state index in [-0.39, 0.29) is 17.5 Å². The first-order valence-electron chi connectivity index (χ1n) is 9.33. The molecule has 0 spiro atoms. The van der Waals surface area contributed by atoms with Crippen molar-refractivity contribution in [2.45, 2.75) is 33.2 Å². The molecule has 0 saturated heterocycles. The SMILES string of the molecule is CC(=O)c1cn(CCCc2ccccc2)c(-c2ccc(C)cc2C(=O)O)n1.O=C=O. The molecule has 0 amide bonds. The minimum atomic E-state index is -1.00. The predicted molar refractivity (Wildman–Crippen MR) is 109 cm³/mol. The first kappa shape index (κ1) is 22.5. The Hall–Kier alpha value is -3.83. The molecule has 3 rings (SSSR count). The Morgan fingerprint density at radius 3 is 2.37 bits per heavy atom. The number of ketones is 1. The number of aryl methyl sites for hydroxylation is 3. The highest BCUT2D eigenvalue weighted by Crippen LogP contribution is 2.25. The maximum absolute atomic E-state index is 11.8. The summed E-state index contributed by atoms with van der Waals surface area (Å²) in [5, 5.41) is 9.58. The van der Waals surface area contributed by atoms with Gasteiger partial charge in [-0.15, -0.1) is 0 Å². The summed E-state index contributed by atoms with van der Waals surface area (Å²) in [6.07, 6.45) is 3.72. The number of benzene rings is 2. The van der Waals surface area contributed by atoms with E-state index in [4.69, 9.17) is 9.59 Å². The van der Waals surface area contributed by atoms with Gasteiger partial charge in [0, 0.05) is 25.2 Å². The van der Waals surface area contributed by atoms with Gasteiger partial charge in [-0.2, -0.15) is 9.59 Å². The van der Waals surface area contributed by atoms with Crippen LogP contribution in [-0.4, -0.2) is 32.6 Å². The molecular formula is C23H22N2O5. The molecule has 0 aliphatic heterocycles. The molecule has 0 fully saturated rings. The number of rotatable bonds is 7. The Morgan fingerprint density at radius 2 is 1.77 bits per heavy atom. The van der Waals surface area contributed by atoms with Gasteiger partial charge in [0.05, 0.1) is 5.56 Å². The molecule has 0 unspecified atom stereocenters. The summed E-state index contributed by atoms with van der Waals surface area (Å²) in [5.41, 5.74) is 3.18. The average molecular weight is 406 g/mol. The Bertz CT molecular complexity index is 1060. The van der Waals surface area contributed by atoms with Gasteiger partial charge in [-0.1, -0.05) is 48.0 Å². The third kappa shape index (κ3) is 5.83. The van der Waals surface area contributed by atoms with E-state index in [1.54, 1.807) is 18.3 Å². The summed E-state index contributed by atoms with van der Waals surface area (Å²) in [6.45, 7) is 3.97. The molecule has 1 heterocycles. The van der Waals surface area contributed by atoms with E-state index >= 15 is 0 Å². The van der Waals surface area contributed by atoms with Crippen LogP contribution in [0.2, 0.25) is 0 Å². The van der Waals surface area contributed by atoms with E-state index in [0.29, 0.717) is 23.6 Å². The standard InChI is InChI=1S/C22H22N2O3.CO2/c1-15-10-11-18(19(13-15)22(26)27)21-23-20(16(2)25)14-24(21)12-6-9-17-7-4-3-5-8-17;2-1-3/h3-5,7-8,10-11,13-14H,6,9,12H2,1-2H3,(H,26,27);. The number of aromatic nitrogens is 2. The Balaban J connectivity index is 0.00000101. The number of hydrogen-bond donors (Lipinski definition) is 1. The van der Waals surface area contributed by atoms with Crippen molar-refractivity contribution >= 4 is 17.9 Å². The molecule has 2 aromatic carbocycles. The van der Waals surface area contributed by atoms with Gasteiger partial charge < -0.3 is 9.67 Å². The fourth-order valence-electron chi connectivity index (χ4n) is 3.10. The molecule has 0 aliphatic carbocycles. The number of hydrogen-bond acceptors (Lipinski definition) is 5. The normalized spacial score (nSPS) is 9.93. The molecule has 7 heteroatoms. The number of imidazole rings is 1. The van der Waals surface area contributed by atoms with Crippen LogP contribution >= 0.6 is 0 Å². The topological polar surface area (TPSA) is 106 Å². The average Bonchev–Trinajstić information content (AvgIpc) is 3.14. The molecule has 0 radical (unpaired) electrons. The van der Waals surface area contributed by atoms with Crippen molar-refractivity contribution in [2.24, 2.45) is 0 Å². The first-order chi connectivity index (χ1) is 14.4. The van der Waals surface area contributed by atoms with Crippen LogP contribution in [0.1, 0.15) is 45.3 Å². The second-order valence-corrected chi connectivity index (χ2v) is 6.73. The summed E-state index contributed by atoms with van der Waals surface area (Å²) in [4.78, 5) is 44.2. The van der Waals surface area contributed by atoms with E-state index in [1.807, 2.05) is 35.8 Å². The summed E-state index contributed by atoms with van der Waals surface area (Å²) in [5.74, 6) is -0.621. The van der Waals surface area contributed by atoms with Crippen molar-refractivity contribution < 1.29 is 24.3 Å². The molecule has 3 aromatic rings. The second kappa shape index (κ2) is 10.6. The number of carboxylic acids is 1. The van der Waals surface area contributed by atoms with Gasteiger partial charge in [0.25, 0.3) is 0 Å². The summed E-state index contributed by atoms with van der Waals surface area (Å²) in [6, 6.07) is 15.4. The summed E-state index contributed by atoms with van der Waals surface area (Å²) < 4.78 is 1.89. The lowest BCUT2D eigenvalue weighted by Gasteiger charge is -2.11. The van der Waals surface area contributed by atoms with Crippen LogP contribution in [0.15, 0.2) is 54.7 Å². The zero-order chi connectivity index (χ0) is 22.1. The number of Topliss-reactive ketones (excluding diaryl/α,β-unsaturated/α-hetero) is 1. The van der Waals surface area contributed by atoms with Crippen molar-refractivity contribution in [1.82, 2.24) is 9.55 Å². The fourth-order valence-corrected chi connectivity index (χ4v) is 3.10. The Kier molecular flexibility index (Phi) is 7.97. The van der Waals surface area contributed by atoms with E-state index in [0.717, 1.165) is 18.4 Å². The van der Waals surface area contributed by atoms with Crippen LogP contribution in [0.5, 0.6) is 0 Å². The molecule has 0 atom stereocenters. The molecule has 0 saturated carbocycles. The zero-order valence-corrected chi connectivity index (χ0v) is 16.8. The number of carbonyl (C=O) groups excluding carboxylic acids is 3. The van der Waals surface area contributed by atoms with Gasteiger partial charge in [-0.3, -0.25) is 4.79 Å². The highest BCUT2D eigenvalue weighted by atomic mass is 16.4. The lowest BCUT2D eigenvalue weighted by atomic mass is 10.0. The van der Waals surface area contributed by atoms with E-state index in [2.05, 4.69) is 17.1 Å². The van der Waals surface area contributed by atoms with E-state index in [1.165, 1.54) is 12.5 Å². The smallest absolute Gasteiger partial charge is 0.373 e. The molecule has 7 nitrogen and oxygen atoms in total. The van der Waals surface area contributed by atoms with Gasteiger partial charge in [0.2, 0.25) is 0 Å². The number of carboxylic acid groups (broad SMARTS) is 1. The summed E-state index contributed by atoms with van der Waals surface area (Å²) >= 11 is 0. The molecular weight excluding hydrogens is 384 g/mol. The second-order valence-electron chi connectivity index (χ2n) is 6.73. The predicted octanol–water partition coefficient (Wildman–Crippen LogP) is 3.81. The molecule has 154 valence electrons. The minimum absolute atomic E-state index is 0.137. The number of nitrogens with zero attached hydrogens (tertiary/aromatic N) is 2. The Morgan fingerprint density at radius 1 is 1.10 bits per heavy atom. The molecule has 1 aromatic heterocycles. The number of carbonyl (C=O) groups is 2. The van der Waals surface area contributed by atoms with Crippen LogP contribution in [0, 0.1) is 6.92 Å². The third-order valence-corrected chi connectivity index (χ3v) is 4.49. The lowest BCUT2D eigenvalue weighted by Crippen LogP contribution is -2.06. The monoisotopic (exact) mass is 406 g/mol. The Labute approximate surface area is 174 Å². The van der Waals surface area contributed by atoms with E-state index in [9.17, 15) is 14.7 Å². The lowest BCUT2D eigenvalue weighted by molar-refractivity contribution is -0.191. The highest BCUT2D eigenvalue weighted by Gasteiger charge is 2.19. The van der Waals surface area contributed by atoms with Crippen LogP contribution in [0.3, 0.4) is 0 Å². The van der Waals surface area contributed by atoms with Crippen molar-refractivity contribution in [3.8, 4) is 11.4 Å². The fraction of sp³-hybridized carbons (Fsp3) is 0.217. The van der Waals surface area contributed by atoms with Crippen molar-refractivity contribution in [2.75, 3.05) is 0 Å². The molecule has 0 aliphatic rings. The zero-order valence-electron chi connectivity index (χ0n) is 16.8. The van der Waals surface area contributed by atoms with Crippen molar-refractivity contribution in [3.05, 3.63) is 77.1 Å².